The third-order valence-electron chi connectivity index (χ3n) is 2.89. The van der Waals surface area contributed by atoms with E-state index in [1.165, 1.54) is 16.7 Å². The van der Waals surface area contributed by atoms with E-state index in [0.717, 1.165) is 10.0 Å². The van der Waals surface area contributed by atoms with E-state index in [0.29, 0.717) is 14.9 Å². The minimum Gasteiger partial charge on any atom is -0.268 e. The molecule has 0 aliphatic carbocycles. The Kier molecular flexibility index (Phi) is 4.19. The second kappa shape index (κ2) is 6.09. The van der Waals surface area contributed by atoms with Gasteiger partial charge in [0.15, 0.2) is 4.32 Å². The Hall–Kier alpha value is -1.50. The summed E-state index contributed by atoms with van der Waals surface area (Å²) in [5.74, 6) is -0.117. The fraction of sp³-hybridized carbons (Fsp3) is 0. The predicted molar refractivity (Wildman–Crippen MR) is 94.0 cm³/mol. The molecule has 2 aromatic rings. The van der Waals surface area contributed by atoms with Gasteiger partial charge in [-0.2, -0.15) is 0 Å². The molecule has 3 nitrogen and oxygen atoms in total. The van der Waals surface area contributed by atoms with Gasteiger partial charge in [-0.25, -0.2) is 0 Å². The average Bonchev–Trinajstić information content (AvgIpc) is 2.77. The van der Waals surface area contributed by atoms with E-state index >= 15 is 0 Å². The Morgan fingerprint density at radius 3 is 2.76 bits per heavy atom. The second-order valence-corrected chi connectivity index (χ2v) is 6.78. The molecular formula is C15H9BrN2OS2. The third kappa shape index (κ3) is 2.92. The fourth-order valence-electron chi connectivity index (χ4n) is 1.91. The smallest absolute Gasteiger partial charge is 0.268 e. The fourth-order valence-corrected chi connectivity index (χ4v) is 3.60. The highest BCUT2D eigenvalue weighted by Gasteiger charge is 2.33. The number of rotatable bonds is 2. The lowest BCUT2D eigenvalue weighted by Crippen LogP contribution is -2.27. The average molecular weight is 377 g/mol. The van der Waals surface area contributed by atoms with Gasteiger partial charge in [-0.1, -0.05) is 58.1 Å². The Balaban J connectivity index is 1.96. The maximum Gasteiger partial charge on any atom is 0.270 e. The number of carbonyl (C=O) groups is 1. The van der Waals surface area contributed by atoms with Gasteiger partial charge in [-0.05, 0) is 29.8 Å². The lowest BCUT2D eigenvalue weighted by atomic mass is 10.2. The molecule has 1 saturated heterocycles. The number of hydrogen-bond donors (Lipinski definition) is 0. The molecule has 104 valence electrons. The molecule has 1 aliphatic rings. The van der Waals surface area contributed by atoms with E-state index in [-0.39, 0.29) is 5.91 Å². The second-order valence-electron chi connectivity index (χ2n) is 4.25. The molecule has 1 aromatic heterocycles. The van der Waals surface area contributed by atoms with E-state index in [4.69, 9.17) is 12.2 Å². The summed E-state index contributed by atoms with van der Waals surface area (Å²) in [4.78, 5) is 18.7. The number of hydrogen-bond acceptors (Lipinski definition) is 4. The number of thiocarbonyl (C=S) groups is 1. The van der Waals surface area contributed by atoms with Crippen molar-refractivity contribution in [2.24, 2.45) is 0 Å². The number of nitrogens with zero attached hydrogens (tertiary/aromatic N) is 2. The summed E-state index contributed by atoms with van der Waals surface area (Å²) in [5.41, 5.74) is 1.64. The SMILES string of the molecule is O=C1/C(=C/c2ccccc2Br)SC(=S)N1c1cccnc1. The van der Waals surface area contributed by atoms with Crippen LogP contribution in [0.1, 0.15) is 5.56 Å². The number of amides is 1. The van der Waals surface area contributed by atoms with Gasteiger partial charge in [0.1, 0.15) is 0 Å². The van der Waals surface area contributed by atoms with Crippen LogP contribution in [0.3, 0.4) is 0 Å². The Bertz CT molecular complexity index is 746. The van der Waals surface area contributed by atoms with Gasteiger partial charge in [-0.3, -0.25) is 14.7 Å². The summed E-state index contributed by atoms with van der Waals surface area (Å²) in [7, 11) is 0. The van der Waals surface area contributed by atoms with Crippen LogP contribution >= 0.6 is 39.9 Å². The number of anilines is 1. The zero-order valence-electron chi connectivity index (χ0n) is 10.7. The predicted octanol–water partition coefficient (Wildman–Crippen LogP) is 4.25. The van der Waals surface area contributed by atoms with Crippen molar-refractivity contribution in [2.75, 3.05) is 4.90 Å². The zero-order valence-corrected chi connectivity index (χ0v) is 13.9. The summed E-state index contributed by atoms with van der Waals surface area (Å²) in [6.07, 6.45) is 5.14. The van der Waals surface area contributed by atoms with Crippen molar-refractivity contribution in [3.63, 3.8) is 0 Å². The largest absolute Gasteiger partial charge is 0.270 e. The van der Waals surface area contributed by atoms with E-state index in [9.17, 15) is 4.79 Å². The highest BCUT2D eigenvalue weighted by atomic mass is 79.9. The summed E-state index contributed by atoms with van der Waals surface area (Å²) < 4.78 is 1.46. The van der Waals surface area contributed by atoms with Crippen LogP contribution in [0.5, 0.6) is 0 Å². The normalized spacial score (nSPS) is 16.8. The van der Waals surface area contributed by atoms with Gasteiger partial charge in [0.2, 0.25) is 0 Å². The van der Waals surface area contributed by atoms with Gasteiger partial charge < -0.3 is 0 Å². The number of halogens is 1. The molecule has 3 rings (SSSR count). The van der Waals surface area contributed by atoms with Crippen LogP contribution < -0.4 is 4.90 Å². The van der Waals surface area contributed by atoms with Crippen molar-refractivity contribution in [1.82, 2.24) is 4.98 Å². The molecule has 0 N–H and O–H groups in total. The van der Waals surface area contributed by atoms with Gasteiger partial charge in [0.05, 0.1) is 16.8 Å². The van der Waals surface area contributed by atoms with Gasteiger partial charge >= 0.3 is 0 Å². The minimum absolute atomic E-state index is 0.117. The molecule has 0 bridgehead atoms. The molecule has 2 heterocycles. The van der Waals surface area contributed by atoms with Crippen molar-refractivity contribution in [3.8, 4) is 0 Å². The van der Waals surface area contributed by atoms with Crippen LogP contribution in [0.15, 0.2) is 58.2 Å². The van der Waals surface area contributed by atoms with Crippen LogP contribution in [0.2, 0.25) is 0 Å². The van der Waals surface area contributed by atoms with Crippen LogP contribution in [0.4, 0.5) is 5.69 Å². The first-order valence-corrected chi connectivity index (χ1v) is 8.11. The van der Waals surface area contributed by atoms with Gasteiger partial charge in [0.25, 0.3) is 5.91 Å². The number of benzene rings is 1. The molecule has 21 heavy (non-hydrogen) atoms. The molecule has 6 heteroatoms. The molecule has 0 unspecified atom stereocenters. The maximum atomic E-state index is 12.5. The molecule has 0 atom stereocenters. The highest BCUT2D eigenvalue weighted by molar-refractivity contribution is 9.10. The van der Waals surface area contributed by atoms with Crippen molar-refractivity contribution in [2.45, 2.75) is 0 Å². The quantitative estimate of drug-likeness (QED) is 0.579. The number of thioether (sulfide) groups is 1. The molecular weight excluding hydrogens is 368 g/mol. The van der Waals surface area contributed by atoms with Crippen molar-refractivity contribution < 1.29 is 4.79 Å². The van der Waals surface area contributed by atoms with Crippen molar-refractivity contribution >= 4 is 61.9 Å². The van der Waals surface area contributed by atoms with Crippen LogP contribution in [-0.2, 0) is 4.79 Å². The number of carbonyl (C=O) groups excluding carboxylic acids is 1. The minimum atomic E-state index is -0.117. The molecule has 1 amide bonds. The number of pyridine rings is 1. The Morgan fingerprint density at radius 1 is 1.24 bits per heavy atom. The first kappa shape index (κ1) is 14.4. The Morgan fingerprint density at radius 2 is 2.05 bits per heavy atom. The van der Waals surface area contributed by atoms with Gasteiger partial charge in [-0.15, -0.1) is 0 Å². The molecule has 1 aliphatic heterocycles. The van der Waals surface area contributed by atoms with E-state index in [1.54, 1.807) is 18.5 Å². The topological polar surface area (TPSA) is 33.2 Å². The molecule has 1 aromatic carbocycles. The van der Waals surface area contributed by atoms with Crippen molar-refractivity contribution in [1.29, 1.82) is 0 Å². The molecule has 0 spiro atoms. The van der Waals surface area contributed by atoms with Gasteiger partial charge in [0, 0.05) is 10.7 Å². The maximum absolute atomic E-state index is 12.5. The van der Waals surface area contributed by atoms with Crippen LogP contribution in [-0.4, -0.2) is 15.2 Å². The van der Waals surface area contributed by atoms with Crippen molar-refractivity contribution in [3.05, 3.63) is 63.7 Å². The number of aromatic nitrogens is 1. The molecule has 0 radical (unpaired) electrons. The molecule has 0 saturated carbocycles. The summed E-state index contributed by atoms with van der Waals surface area (Å²) in [6, 6.07) is 11.3. The Labute approximate surface area is 140 Å². The van der Waals surface area contributed by atoms with E-state index in [2.05, 4.69) is 20.9 Å². The third-order valence-corrected chi connectivity index (χ3v) is 4.91. The summed E-state index contributed by atoms with van der Waals surface area (Å²) >= 11 is 10.1. The lowest BCUT2D eigenvalue weighted by molar-refractivity contribution is -0.113. The van der Waals surface area contributed by atoms with E-state index in [1.807, 2.05) is 36.4 Å². The monoisotopic (exact) mass is 376 g/mol. The summed E-state index contributed by atoms with van der Waals surface area (Å²) in [5, 5.41) is 0. The highest BCUT2D eigenvalue weighted by Crippen LogP contribution is 2.36. The zero-order chi connectivity index (χ0) is 14.8. The standard InChI is InChI=1S/C15H9BrN2OS2/c16-12-6-2-1-4-10(12)8-13-14(19)18(15(20)21-13)11-5-3-7-17-9-11/h1-9H/b13-8-. The van der Waals surface area contributed by atoms with Crippen LogP contribution in [0, 0.1) is 0 Å². The first-order chi connectivity index (χ1) is 10.2. The van der Waals surface area contributed by atoms with Crippen LogP contribution in [0.25, 0.3) is 6.08 Å². The van der Waals surface area contributed by atoms with E-state index < -0.39 is 0 Å². The summed E-state index contributed by atoms with van der Waals surface area (Å²) in [6.45, 7) is 0. The first-order valence-electron chi connectivity index (χ1n) is 6.09. The molecule has 1 fully saturated rings. The lowest BCUT2D eigenvalue weighted by Gasteiger charge is -2.13.